The van der Waals surface area contributed by atoms with Gasteiger partial charge in [0.15, 0.2) is 0 Å². The predicted octanol–water partition coefficient (Wildman–Crippen LogP) is 5.93. The fraction of sp³-hybridized carbons (Fsp3) is 0.0606. The molecule has 7 heteroatoms. The Balaban J connectivity index is 0.00000323. The van der Waals surface area contributed by atoms with Crippen molar-refractivity contribution in [1.29, 1.82) is 0 Å². The summed E-state index contributed by atoms with van der Waals surface area (Å²) in [7, 11) is 1.37. The van der Waals surface area contributed by atoms with Crippen molar-refractivity contribution in [2.45, 2.75) is 6.92 Å². The van der Waals surface area contributed by atoms with E-state index in [2.05, 4.69) is 41.2 Å². The van der Waals surface area contributed by atoms with Crippen LogP contribution in [-0.2, 0) is 21.2 Å². The molecule has 6 rings (SSSR count). The van der Waals surface area contributed by atoms with Crippen LogP contribution < -0.4 is 9.97 Å². The van der Waals surface area contributed by atoms with Crippen molar-refractivity contribution in [3.63, 3.8) is 0 Å². The van der Waals surface area contributed by atoms with Crippen molar-refractivity contribution in [1.82, 2.24) is 9.97 Å². The Bertz CT molecular complexity index is 1720. The molecule has 0 amide bonds. The molecule has 6 nitrogen and oxygen atoms in total. The van der Waals surface area contributed by atoms with Crippen LogP contribution in [0.25, 0.3) is 11.1 Å². The number of carbonyl (C=O) groups is 1. The minimum absolute atomic E-state index is 0. The first-order valence-electron chi connectivity index (χ1n) is 12.5. The van der Waals surface area contributed by atoms with Crippen molar-refractivity contribution in [2.75, 3.05) is 7.11 Å². The Hall–Kier alpha value is -4.74. The normalized spacial score (nSPS) is 16.4. The molecule has 0 saturated heterocycles. The van der Waals surface area contributed by atoms with Gasteiger partial charge in [-0.2, -0.15) is 12.4 Å². The topological polar surface area (TPSA) is 79.2 Å². The maximum Gasteiger partial charge on any atom is 2.00 e. The van der Waals surface area contributed by atoms with Gasteiger partial charge in [-0.15, -0.1) is 11.4 Å². The van der Waals surface area contributed by atoms with Crippen LogP contribution in [0.3, 0.4) is 0 Å². The first kappa shape index (κ1) is 26.9. The quantitative estimate of drug-likeness (QED) is 0.214. The molecule has 0 N–H and O–H groups in total. The molecule has 0 fully saturated rings. The van der Waals surface area contributed by atoms with Gasteiger partial charge >= 0.3 is 22.5 Å². The Morgan fingerprint density at radius 2 is 1.10 bits per heavy atom. The Morgan fingerprint density at radius 3 is 1.52 bits per heavy atom. The van der Waals surface area contributed by atoms with Crippen LogP contribution in [0, 0.1) is 6.92 Å². The van der Waals surface area contributed by atoms with Gasteiger partial charge in [-0.25, -0.2) is 14.8 Å². The van der Waals surface area contributed by atoms with E-state index in [0.717, 1.165) is 56.5 Å². The minimum Gasteiger partial charge on any atom is -0.664 e. The third-order valence-corrected chi connectivity index (χ3v) is 6.61. The number of benzene rings is 2. The van der Waals surface area contributed by atoms with Gasteiger partial charge in [0.1, 0.15) is 0 Å². The molecule has 4 heterocycles. The Kier molecular flexibility index (Phi) is 7.76. The molecule has 0 spiro atoms. The summed E-state index contributed by atoms with van der Waals surface area (Å²) in [6.45, 7) is 2.07. The van der Waals surface area contributed by atoms with E-state index in [-0.39, 0.29) is 22.5 Å². The average Bonchev–Trinajstić information content (AvgIpc) is 3.79. The number of carbonyl (C=O) groups excluding carboxylic acids is 1. The average molecular weight is 567 g/mol. The van der Waals surface area contributed by atoms with Gasteiger partial charge in [-0.05, 0) is 65.6 Å². The fourth-order valence-electron chi connectivity index (χ4n) is 4.65. The van der Waals surface area contributed by atoms with Gasteiger partial charge in [0, 0.05) is 0 Å². The third-order valence-electron chi connectivity index (χ3n) is 6.61. The summed E-state index contributed by atoms with van der Waals surface area (Å²) in [4.78, 5) is 30.9. The number of hydrogen-bond acceptors (Lipinski definition) is 4. The summed E-state index contributed by atoms with van der Waals surface area (Å²) in [5.41, 5.74) is 10.4. The van der Waals surface area contributed by atoms with E-state index < -0.39 is 0 Å². The second kappa shape index (κ2) is 11.6. The fourth-order valence-corrected chi connectivity index (χ4v) is 4.65. The molecular weight excluding hydrogens is 543 g/mol. The van der Waals surface area contributed by atoms with E-state index in [4.69, 9.17) is 14.7 Å². The number of rotatable bonds is 6. The number of esters is 1. The molecule has 0 aliphatic carbocycles. The zero-order valence-corrected chi connectivity index (χ0v) is 22.8. The third kappa shape index (κ3) is 5.24. The maximum absolute atomic E-state index is 11.9. The molecule has 2 aromatic heterocycles. The summed E-state index contributed by atoms with van der Waals surface area (Å²) in [6, 6.07) is 23.5. The van der Waals surface area contributed by atoms with Crippen molar-refractivity contribution in [3.8, 4) is 0 Å². The molecule has 2 aliphatic heterocycles. The number of aromatic nitrogens is 2. The second-order valence-corrected chi connectivity index (χ2v) is 9.16. The summed E-state index contributed by atoms with van der Waals surface area (Å²) in [5, 5.41) is 0. The van der Waals surface area contributed by atoms with E-state index in [9.17, 15) is 4.79 Å². The summed E-state index contributed by atoms with van der Waals surface area (Å²) >= 11 is 0. The van der Waals surface area contributed by atoms with Crippen molar-refractivity contribution >= 4 is 28.5 Å². The first-order valence-corrected chi connectivity index (χ1v) is 12.5. The first-order chi connectivity index (χ1) is 19.1. The zero-order chi connectivity index (χ0) is 26.8. The van der Waals surface area contributed by atoms with Gasteiger partial charge in [0.05, 0.1) is 35.5 Å². The standard InChI is InChI=1S/C33H25N4O2.Ni/c1-21-7-9-22(10-8-21)31(27-5-3-19-34-27)29-17-15-25(36-29)26-16-18-30(37-26)32(28-6-4-20-35-28)23-11-13-24(14-12-23)33(38)39-2;/h3-20H,1-2H3,(H-,34,35,36,37,38);/q-1;+2/p-1. The molecule has 40 heavy (non-hydrogen) atoms. The van der Waals surface area contributed by atoms with Gasteiger partial charge < -0.3 is 14.7 Å². The summed E-state index contributed by atoms with van der Waals surface area (Å²) < 4.78 is 4.84. The molecule has 0 atom stereocenters. The SMILES string of the molecule is COC(=O)c1ccc(/C(=C2\C=CC(C3=N/C(=C(/c4ccc(C)cc4)c4ccc[n-]4)C=C3)=N2)c2ccc[n-]2)cc1.[Ni+2]. The van der Waals surface area contributed by atoms with Crippen LogP contribution >= 0.6 is 0 Å². The number of hydrogen-bond donors (Lipinski definition) is 0. The zero-order valence-electron chi connectivity index (χ0n) is 21.8. The van der Waals surface area contributed by atoms with E-state index in [0.29, 0.717) is 5.56 Å². The minimum atomic E-state index is -0.375. The van der Waals surface area contributed by atoms with Crippen LogP contribution in [0.4, 0.5) is 0 Å². The van der Waals surface area contributed by atoms with Crippen molar-refractivity contribution in [3.05, 3.63) is 155 Å². The largest absolute Gasteiger partial charge is 2.00 e. The molecule has 0 radical (unpaired) electrons. The number of methoxy groups -OCH3 is 1. The van der Waals surface area contributed by atoms with E-state index >= 15 is 0 Å². The summed E-state index contributed by atoms with van der Waals surface area (Å²) in [6.07, 6.45) is 11.5. The second-order valence-electron chi connectivity index (χ2n) is 9.16. The van der Waals surface area contributed by atoms with E-state index in [1.165, 1.54) is 12.7 Å². The Morgan fingerprint density at radius 1 is 0.650 bits per heavy atom. The smallest absolute Gasteiger partial charge is 0.664 e. The van der Waals surface area contributed by atoms with E-state index in [1.807, 2.05) is 60.7 Å². The van der Waals surface area contributed by atoms with Crippen LogP contribution in [0.2, 0.25) is 0 Å². The molecule has 4 aromatic rings. The van der Waals surface area contributed by atoms with Gasteiger partial charge in [-0.3, -0.25) is 0 Å². The number of nitrogens with zero attached hydrogens (tertiary/aromatic N) is 4. The van der Waals surface area contributed by atoms with Gasteiger partial charge in [-0.1, -0.05) is 66.2 Å². The van der Waals surface area contributed by atoms with Gasteiger partial charge in [0.2, 0.25) is 0 Å². The van der Waals surface area contributed by atoms with Crippen LogP contribution in [0.5, 0.6) is 0 Å². The Labute approximate surface area is 242 Å². The number of aryl methyl sites for hydroxylation is 1. The number of allylic oxidation sites excluding steroid dienone is 4. The van der Waals surface area contributed by atoms with Crippen LogP contribution in [-0.4, -0.2) is 24.5 Å². The summed E-state index contributed by atoms with van der Waals surface area (Å²) in [5.74, 6) is -0.375. The van der Waals surface area contributed by atoms with Crippen molar-refractivity contribution < 1.29 is 26.0 Å². The van der Waals surface area contributed by atoms with Crippen molar-refractivity contribution in [2.24, 2.45) is 9.98 Å². The number of ether oxygens (including phenoxy) is 1. The molecule has 0 bridgehead atoms. The molecule has 2 aliphatic rings. The van der Waals surface area contributed by atoms with E-state index in [1.54, 1.807) is 24.5 Å². The molecule has 198 valence electrons. The van der Waals surface area contributed by atoms with Gasteiger partial charge in [0.25, 0.3) is 0 Å². The molecular formula is C33H24N4NiO2. The van der Waals surface area contributed by atoms with Crippen LogP contribution in [0.1, 0.15) is 38.4 Å². The molecule has 2 aromatic carbocycles. The monoisotopic (exact) mass is 566 g/mol. The molecule has 0 unspecified atom stereocenters. The maximum atomic E-state index is 11.9. The molecule has 0 saturated carbocycles. The number of aliphatic imine (C=N–C) groups is 2. The predicted molar refractivity (Wildman–Crippen MR) is 154 cm³/mol. The van der Waals surface area contributed by atoms with Crippen LogP contribution in [0.15, 0.2) is 131 Å².